The van der Waals surface area contributed by atoms with Gasteiger partial charge in [-0.15, -0.1) is 0 Å². The van der Waals surface area contributed by atoms with E-state index in [0.717, 1.165) is 0 Å². The largest absolute Gasteiger partial charge is 0.386 e. The molecule has 1 aliphatic heterocycles. The fourth-order valence-electron chi connectivity index (χ4n) is 0.720. The molecule has 0 aromatic heterocycles. The molecular weight excluding hydrogens is 168 g/mol. The maximum absolute atomic E-state index is 10.8. The first kappa shape index (κ1) is 11.4. The number of ether oxygens (including phenoxy) is 1. The molecule has 0 aliphatic carbocycles. The molecule has 0 atom stereocenters. The van der Waals surface area contributed by atoms with Gasteiger partial charge in [0.25, 0.3) is 0 Å². The molecule has 13 heavy (non-hydrogen) atoms. The van der Waals surface area contributed by atoms with Crippen LogP contribution in [0.3, 0.4) is 0 Å². The number of carbonyl (C=O) groups is 2. The second kappa shape index (κ2) is 5.09. The molecule has 0 saturated carbocycles. The molecule has 1 aliphatic rings. The second-order valence-corrected chi connectivity index (χ2v) is 1.97. The zero-order valence-corrected chi connectivity index (χ0v) is 7.79. The number of cyclic esters (lactones) is 2. The molecule has 0 spiro atoms. The summed E-state index contributed by atoms with van der Waals surface area (Å²) in [4.78, 5) is 21.4. The lowest BCUT2D eigenvalue weighted by Gasteiger charge is -1.84. The van der Waals surface area contributed by atoms with Gasteiger partial charge >= 0.3 is 11.9 Å². The van der Waals surface area contributed by atoms with E-state index in [-0.39, 0.29) is 11.1 Å². The Morgan fingerprint density at radius 3 is 2.08 bits per heavy atom. The van der Waals surface area contributed by atoms with E-state index < -0.39 is 11.9 Å². The third kappa shape index (κ3) is 2.40. The van der Waals surface area contributed by atoms with Crippen molar-refractivity contribution in [3.05, 3.63) is 36.5 Å². The van der Waals surface area contributed by atoms with E-state index in [1.165, 1.54) is 12.2 Å². The molecule has 1 fully saturated rings. The fourth-order valence-corrected chi connectivity index (χ4v) is 0.720. The first-order chi connectivity index (χ1) is 6.16. The van der Waals surface area contributed by atoms with Crippen LogP contribution in [-0.4, -0.2) is 11.9 Å². The van der Waals surface area contributed by atoms with Crippen molar-refractivity contribution in [2.24, 2.45) is 0 Å². The molecule has 0 bridgehead atoms. The standard InChI is InChI=1S/C8H6O3.C2H6/c1-3-4-6-5(2)7(9)11-8(6)10;1-2/h3-4H,1-2H2;1-2H3/b6-4+;. The summed E-state index contributed by atoms with van der Waals surface area (Å²) in [5.41, 5.74) is 0.278. The predicted molar refractivity (Wildman–Crippen MR) is 49.9 cm³/mol. The summed E-state index contributed by atoms with van der Waals surface area (Å²) in [7, 11) is 0. The van der Waals surface area contributed by atoms with Crippen LogP contribution in [-0.2, 0) is 14.3 Å². The smallest absolute Gasteiger partial charge is 0.346 e. The van der Waals surface area contributed by atoms with E-state index in [4.69, 9.17) is 0 Å². The Kier molecular flexibility index (Phi) is 4.44. The third-order valence-electron chi connectivity index (χ3n) is 1.26. The Bertz CT molecular complexity index is 285. The van der Waals surface area contributed by atoms with Gasteiger partial charge in [-0.25, -0.2) is 9.59 Å². The quantitative estimate of drug-likeness (QED) is 0.351. The first-order valence-electron chi connectivity index (χ1n) is 3.95. The van der Waals surface area contributed by atoms with Crippen molar-refractivity contribution in [3.63, 3.8) is 0 Å². The first-order valence-corrected chi connectivity index (χ1v) is 3.95. The van der Waals surface area contributed by atoms with Gasteiger partial charge in [-0.3, -0.25) is 0 Å². The van der Waals surface area contributed by atoms with Gasteiger partial charge in [0, 0.05) is 0 Å². The molecule has 1 saturated heterocycles. The van der Waals surface area contributed by atoms with Crippen LogP contribution in [0.1, 0.15) is 13.8 Å². The molecule has 0 radical (unpaired) electrons. The van der Waals surface area contributed by atoms with E-state index in [1.807, 2.05) is 13.8 Å². The van der Waals surface area contributed by atoms with Gasteiger partial charge in [0.15, 0.2) is 0 Å². The maximum atomic E-state index is 10.8. The molecule has 0 unspecified atom stereocenters. The minimum atomic E-state index is -0.678. The fraction of sp³-hybridized carbons (Fsp3) is 0.200. The van der Waals surface area contributed by atoms with Crippen LogP contribution in [0.5, 0.6) is 0 Å². The van der Waals surface area contributed by atoms with Crippen molar-refractivity contribution in [2.75, 3.05) is 0 Å². The van der Waals surface area contributed by atoms with Gasteiger partial charge in [-0.1, -0.05) is 33.1 Å². The molecular formula is C10H12O3. The molecule has 0 N–H and O–H groups in total. The summed E-state index contributed by atoms with van der Waals surface area (Å²) in [5, 5.41) is 0. The average molecular weight is 180 g/mol. The van der Waals surface area contributed by atoms with Crippen LogP contribution < -0.4 is 0 Å². The molecule has 0 amide bonds. The Balaban J connectivity index is 0.000000671. The summed E-state index contributed by atoms with van der Waals surface area (Å²) >= 11 is 0. The van der Waals surface area contributed by atoms with Gasteiger partial charge in [-0.05, 0) is 6.08 Å². The van der Waals surface area contributed by atoms with Crippen LogP contribution in [0.15, 0.2) is 36.5 Å². The molecule has 1 heterocycles. The van der Waals surface area contributed by atoms with Crippen LogP contribution in [0.2, 0.25) is 0 Å². The summed E-state index contributed by atoms with van der Waals surface area (Å²) in [5.74, 6) is -1.33. The van der Waals surface area contributed by atoms with Crippen molar-refractivity contribution in [1.82, 2.24) is 0 Å². The lowest BCUT2D eigenvalue weighted by molar-refractivity contribution is -0.149. The zero-order valence-electron chi connectivity index (χ0n) is 7.79. The van der Waals surface area contributed by atoms with Crippen molar-refractivity contribution in [3.8, 4) is 0 Å². The van der Waals surface area contributed by atoms with Crippen molar-refractivity contribution < 1.29 is 14.3 Å². The van der Waals surface area contributed by atoms with Crippen LogP contribution >= 0.6 is 0 Å². The van der Waals surface area contributed by atoms with Crippen molar-refractivity contribution in [2.45, 2.75) is 13.8 Å². The monoisotopic (exact) mass is 180 g/mol. The van der Waals surface area contributed by atoms with Crippen molar-refractivity contribution >= 4 is 11.9 Å². The van der Waals surface area contributed by atoms with E-state index in [9.17, 15) is 9.59 Å². The maximum Gasteiger partial charge on any atom is 0.346 e. The lowest BCUT2D eigenvalue weighted by atomic mass is 10.1. The molecule has 0 aromatic rings. The third-order valence-corrected chi connectivity index (χ3v) is 1.26. The topological polar surface area (TPSA) is 43.4 Å². The highest BCUT2D eigenvalue weighted by molar-refractivity contribution is 6.17. The molecule has 1 rings (SSSR count). The predicted octanol–water partition coefficient (Wildman–Crippen LogP) is 1.76. The summed E-state index contributed by atoms with van der Waals surface area (Å²) in [6.45, 7) is 10.8. The van der Waals surface area contributed by atoms with Crippen LogP contribution in [0, 0.1) is 0 Å². The number of esters is 2. The second-order valence-electron chi connectivity index (χ2n) is 1.97. The zero-order chi connectivity index (χ0) is 10.4. The molecule has 70 valence electrons. The molecule has 0 aromatic carbocycles. The van der Waals surface area contributed by atoms with Gasteiger partial charge < -0.3 is 4.74 Å². The molecule has 3 nitrogen and oxygen atoms in total. The lowest BCUT2D eigenvalue weighted by Crippen LogP contribution is -1.96. The van der Waals surface area contributed by atoms with E-state index in [1.54, 1.807) is 0 Å². The van der Waals surface area contributed by atoms with E-state index >= 15 is 0 Å². The number of allylic oxidation sites excluding steroid dienone is 2. The van der Waals surface area contributed by atoms with Gasteiger partial charge in [0.1, 0.15) is 0 Å². The highest BCUT2D eigenvalue weighted by atomic mass is 16.6. The van der Waals surface area contributed by atoms with Gasteiger partial charge in [0.05, 0.1) is 11.1 Å². The molecule has 3 heteroatoms. The summed E-state index contributed by atoms with van der Waals surface area (Å²) in [6, 6.07) is 0. The van der Waals surface area contributed by atoms with Gasteiger partial charge in [0.2, 0.25) is 0 Å². The Morgan fingerprint density at radius 1 is 1.23 bits per heavy atom. The number of hydrogen-bond acceptors (Lipinski definition) is 3. The SMILES string of the molecule is C=C/C=C1\C(=C)C(=O)OC1=O.CC. The van der Waals surface area contributed by atoms with E-state index in [0.29, 0.717) is 0 Å². The van der Waals surface area contributed by atoms with Crippen molar-refractivity contribution in [1.29, 1.82) is 0 Å². The van der Waals surface area contributed by atoms with E-state index in [2.05, 4.69) is 17.9 Å². The van der Waals surface area contributed by atoms with Gasteiger partial charge in [-0.2, -0.15) is 0 Å². The normalized spacial score (nSPS) is 18.0. The highest BCUT2D eigenvalue weighted by Crippen LogP contribution is 2.19. The number of hydrogen-bond donors (Lipinski definition) is 0. The number of rotatable bonds is 1. The Labute approximate surface area is 77.4 Å². The summed E-state index contributed by atoms with van der Waals surface area (Å²) < 4.78 is 4.25. The highest BCUT2D eigenvalue weighted by Gasteiger charge is 2.30. The number of carbonyl (C=O) groups excluding carboxylic acids is 2. The average Bonchev–Trinajstić information content (AvgIpc) is 2.36. The summed E-state index contributed by atoms with van der Waals surface area (Å²) in [6.07, 6.45) is 2.80. The minimum absolute atomic E-state index is 0.0925. The Hall–Kier alpha value is -1.64. The van der Waals surface area contributed by atoms with Crippen LogP contribution in [0.25, 0.3) is 0 Å². The van der Waals surface area contributed by atoms with Crippen LogP contribution in [0.4, 0.5) is 0 Å². The Morgan fingerprint density at radius 2 is 1.77 bits per heavy atom. The minimum Gasteiger partial charge on any atom is -0.386 e.